The second-order valence-electron chi connectivity index (χ2n) is 5.48. The summed E-state index contributed by atoms with van der Waals surface area (Å²) in [6, 6.07) is 9.72. The average molecular weight is 333 g/mol. The minimum atomic E-state index is -0.740. The molecule has 122 valence electrons. The van der Waals surface area contributed by atoms with Crippen LogP contribution in [0.4, 0.5) is 0 Å². The molecule has 0 bridgehead atoms. The first-order valence-corrected chi connectivity index (χ1v) is 8.63. The van der Waals surface area contributed by atoms with Gasteiger partial charge in [0, 0.05) is 6.54 Å². The van der Waals surface area contributed by atoms with Crippen molar-refractivity contribution in [2.24, 2.45) is 0 Å². The lowest BCUT2D eigenvalue weighted by Crippen LogP contribution is -2.58. The third-order valence-corrected chi connectivity index (χ3v) is 5.04. The molecule has 0 saturated carbocycles. The van der Waals surface area contributed by atoms with Gasteiger partial charge in [0.1, 0.15) is 5.54 Å². The number of nitrogens with one attached hydrogen (secondary N) is 2. The molecular formula is C15H19N5O2S. The van der Waals surface area contributed by atoms with E-state index in [1.54, 1.807) is 10.2 Å². The maximum atomic E-state index is 12.1. The molecule has 1 aliphatic rings. The van der Waals surface area contributed by atoms with Crippen LogP contribution >= 0.6 is 11.8 Å². The van der Waals surface area contributed by atoms with Crippen molar-refractivity contribution in [1.82, 2.24) is 25.8 Å². The van der Waals surface area contributed by atoms with E-state index in [0.717, 1.165) is 22.9 Å². The molecule has 0 aliphatic carbocycles. The topological polar surface area (TPSA) is 92.1 Å². The van der Waals surface area contributed by atoms with Gasteiger partial charge in [-0.25, -0.2) is 10.2 Å². The van der Waals surface area contributed by atoms with E-state index >= 15 is 0 Å². The number of carbonyl (C=O) groups is 1. The van der Waals surface area contributed by atoms with E-state index in [-0.39, 0.29) is 5.91 Å². The van der Waals surface area contributed by atoms with Crippen LogP contribution in [0.2, 0.25) is 0 Å². The molecule has 1 aromatic heterocycles. The third kappa shape index (κ3) is 3.54. The number of para-hydroxylation sites is 1. The van der Waals surface area contributed by atoms with Crippen LogP contribution in [-0.4, -0.2) is 43.2 Å². The van der Waals surface area contributed by atoms with Gasteiger partial charge in [0.15, 0.2) is 0 Å². The first kappa shape index (κ1) is 16.0. The minimum absolute atomic E-state index is 0.381. The summed E-state index contributed by atoms with van der Waals surface area (Å²) in [6.07, 6.45) is 3.19. The molecule has 0 atom stereocenters. The Morgan fingerprint density at radius 1 is 1.30 bits per heavy atom. The average Bonchev–Trinajstić information content (AvgIpc) is 3.10. The zero-order valence-corrected chi connectivity index (χ0v) is 13.4. The number of aromatic nitrogens is 3. The summed E-state index contributed by atoms with van der Waals surface area (Å²) in [5.74, 6) is 1.39. The lowest BCUT2D eigenvalue weighted by atomic mass is 9.91. The monoisotopic (exact) mass is 333 g/mol. The van der Waals surface area contributed by atoms with E-state index in [2.05, 4.69) is 15.6 Å². The van der Waals surface area contributed by atoms with Gasteiger partial charge in [-0.05, 0) is 36.5 Å². The summed E-state index contributed by atoms with van der Waals surface area (Å²) in [6.45, 7) is 0.422. The molecule has 7 nitrogen and oxygen atoms in total. The lowest BCUT2D eigenvalue weighted by Gasteiger charge is -2.35. The fourth-order valence-corrected chi connectivity index (χ4v) is 3.85. The number of hydroxylamine groups is 1. The fourth-order valence-electron chi connectivity index (χ4n) is 2.66. The third-order valence-electron chi connectivity index (χ3n) is 4.05. The minimum Gasteiger partial charge on any atom is -0.297 e. The second kappa shape index (κ2) is 7.12. The molecule has 1 aromatic carbocycles. The Hall–Kier alpha value is -1.90. The van der Waals surface area contributed by atoms with Crippen LogP contribution in [0.15, 0.2) is 36.5 Å². The Bertz CT molecular complexity index is 655. The van der Waals surface area contributed by atoms with Crippen molar-refractivity contribution in [3.8, 4) is 5.69 Å². The first-order valence-electron chi connectivity index (χ1n) is 7.47. The highest BCUT2D eigenvalue weighted by Crippen LogP contribution is 2.27. The maximum Gasteiger partial charge on any atom is 0.263 e. The summed E-state index contributed by atoms with van der Waals surface area (Å²) >= 11 is 1.81. The van der Waals surface area contributed by atoms with E-state index in [1.165, 1.54) is 0 Å². The van der Waals surface area contributed by atoms with Crippen molar-refractivity contribution >= 4 is 17.7 Å². The van der Waals surface area contributed by atoms with Gasteiger partial charge < -0.3 is 0 Å². The molecule has 8 heteroatoms. The highest BCUT2D eigenvalue weighted by Gasteiger charge is 2.39. The smallest absolute Gasteiger partial charge is 0.263 e. The van der Waals surface area contributed by atoms with Crippen molar-refractivity contribution in [2.75, 3.05) is 11.5 Å². The van der Waals surface area contributed by atoms with Gasteiger partial charge in [-0.1, -0.05) is 23.4 Å². The standard InChI is InChI=1S/C15H19N5O2S/c21-14(18-22)15(6-8-23-9-7-15)16-10-12-11-20(19-17-12)13-4-2-1-3-5-13/h1-5,11,16,22H,6-10H2,(H,18,21). The molecule has 3 rings (SSSR count). The number of hydrogen-bond acceptors (Lipinski definition) is 6. The molecule has 0 spiro atoms. The molecular weight excluding hydrogens is 314 g/mol. The van der Waals surface area contributed by atoms with Gasteiger partial charge in [-0.15, -0.1) is 5.10 Å². The van der Waals surface area contributed by atoms with E-state index in [4.69, 9.17) is 5.21 Å². The number of hydrogen-bond donors (Lipinski definition) is 3. The molecule has 0 radical (unpaired) electrons. The zero-order chi connectivity index (χ0) is 16.1. The molecule has 2 heterocycles. The lowest BCUT2D eigenvalue weighted by molar-refractivity contribution is -0.136. The van der Waals surface area contributed by atoms with E-state index < -0.39 is 5.54 Å². The number of thioether (sulfide) groups is 1. The van der Waals surface area contributed by atoms with Crippen molar-refractivity contribution in [3.05, 3.63) is 42.2 Å². The molecule has 2 aromatic rings. The first-order chi connectivity index (χ1) is 11.2. The predicted octanol–water partition coefficient (Wildman–Crippen LogP) is 1.13. The summed E-state index contributed by atoms with van der Waals surface area (Å²) in [7, 11) is 0. The van der Waals surface area contributed by atoms with Gasteiger partial charge >= 0.3 is 0 Å². The molecule has 1 saturated heterocycles. The highest BCUT2D eigenvalue weighted by molar-refractivity contribution is 7.99. The van der Waals surface area contributed by atoms with Crippen molar-refractivity contribution in [3.63, 3.8) is 0 Å². The molecule has 3 N–H and O–H groups in total. The van der Waals surface area contributed by atoms with Crippen LogP contribution in [0.25, 0.3) is 5.69 Å². The van der Waals surface area contributed by atoms with Crippen molar-refractivity contribution < 1.29 is 10.0 Å². The Morgan fingerprint density at radius 3 is 2.74 bits per heavy atom. The Labute approximate surface area is 138 Å². The molecule has 1 aliphatic heterocycles. The fraction of sp³-hybridized carbons (Fsp3) is 0.400. The number of amides is 1. The quantitative estimate of drug-likeness (QED) is 0.561. The van der Waals surface area contributed by atoms with Crippen molar-refractivity contribution in [2.45, 2.75) is 24.9 Å². The Balaban J connectivity index is 1.69. The highest BCUT2D eigenvalue weighted by atomic mass is 32.2. The van der Waals surface area contributed by atoms with Crippen LogP contribution in [0.1, 0.15) is 18.5 Å². The number of nitrogens with zero attached hydrogens (tertiary/aromatic N) is 3. The Morgan fingerprint density at radius 2 is 2.04 bits per heavy atom. The van der Waals surface area contributed by atoms with Crippen LogP contribution < -0.4 is 10.8 Å². The van der Waals surface area contributed by atoms with Gasteiger partial charge in [0.2, 0.25) is 0 Å². The summed E-state index contributed by atoms with van der Waals surface area (Å²) in [5.41, 5.74) is 2.73. The summed E-state index contributed by atoms with van der Waals surface area (Å²) < 4.78 is 1.70. The van der Waals surface area contributed by atoms with Crippen molar-refractivity contribution in [1.29, 1.82) is 0 Å². The molecule has 23 heavy (non-hydrogen) atoms. The normalized spacial score (nSPS) is 16.9. The largest absolute Gasteiger partial charge is 0.297 e. The van der Waals surface area contributed by atoms with Gasteiger partial charge in [-0.3, -0.25) is 15.3 Å². The Kier molecular flexibility index (Phi) is 4.94. The van der Waals surface area contributed by atoms with Crippen LogP contribution in [0.5, 0.6) is 0 Å². The van der Waals surface area contributed by atoms with Crippen LogP contribution in [-0.2, 0) is 11.3 Å². The van der Waals surface area contributed by atoms with Gasteiger partial charge in [0.25, 0.3) is 5.91 Å². The molecule has 0 unspecified atom stereocenters. The van der Waals surface area contributed by atoms with E-state index in [9.17, 15) is 4.79 Å². The number of rotatable bonds is 5. The summed E-state index contributed by atoms with van der Waals surface area (Å²) in [5, 5.41) is 20.5. The zero-order valence-electron chi connectivity index (χ0n) is 12.6. The van der Waals surface area contributed by atoms with E-state index in [1.807, 2.05) is 48.3 Å². The predicted molar refractivity (Wildman–Crippen MR) is 87.4 cm³/mol. The second-order valence-corrected chi connectivity index (χ2v) is 6.70. The summed E-state index contributed by atoms with van der Waals surface area (Å²) in [4.78, 5) is 12.1. The van der Waals surface area contributed by atoms with Gasteiger partial charge in [-0.2, -0.15) is 11.8 Å². The number of benzene rings is 1. The van der Waals surface area contributed by atoms with Crippen LogP contribution in [0, 0.1) is 0 Å². The molecule has 1 amide bonds. The van der Waals surface area contributed by atoms with Gasteiger partial charge in [0.05, 0.1) is 17.6 Å². The number of carbonyl (C=O) groups excluding carboxylic acids is 1. The van der Waals surface area contributed by atoms with E-state index in [0.29, 0.717) is 19.4 Å². The van der Waals surface area contributed by atoms with Crippen LogP contribution in [0.3, 0.4) is 0 Å². The maximum absolute atomic E-state index is 12.1. The SMILES string of the molecule is O=C(NO)C1(NCc2cn(-c3ccccc3)nn2)CCSCC1. The molecule has 1 fully saturated rings.